The van der Waals surface area contributed by atoms with Crippen molar-refractivity contribution in [3.8, 4) is 17.2 Å². The van der Waals surface area contributed by atoms with Crippen molar-refractivity contribution in [2.45, 2.75) is 31.1 Å². The van der Waals surface area contributed by atoms with Crippen LogP contribution >= 0.6 is 0 Å². The molecule has 1 aliphatic heterocycles. The average molecular weight is 439 g/mol. The van der Waals surface area contributed by atoms with Gasteiger partial charge in [-0.25, -0.2) is 0 Å². The predicted molar refractivity (Wildman–Crippen MR) is 107 cm³/mol. The van der Waals surface area contributed by atoms with Gasteiger partial charge in [0, 0.05) is 12.1 Å². The number of carbonyl (C=O) groups is 1. The van der Waals surface area contributed by atoms with Gasteiger partial charge in [-0.1, -0.05) is 12.1 Å². The van der Waals surface area contributed by atoms with Crippen molar-refractivity contribution in [3.63, 3.8) is 0 Å². The molecular formula is C22H24F3NO5. The number of halogens is 3. The maximum absolute atomic E-state index is 13.4. The summed E-state index contributed by atoms with van der Waals surface area (Å²) >= 11 is 0. The zero-order valence-electron chi connectivity index (χ0n) is 17.4. The molecule has 0 radical (unpaired) electrons. The molecule has 1 N–H and O–H groups in total. The topological polar surface area (TPSA) is 68.2 Å². The number of ether oxygens (including phenoxy) is 3. The molecule has 6 nitrogen and oxygen atoms in total. The van der Waals surface area contributed by atoms with E-state index in [1.165, 1.54) is 27.4 Å². The van der Waals surface area contributed by atoms with E-state index in [2.05, 4.69) is 0 Å². The summed E-state index contributed by atoms with van der Waals surface area (Å²) in [5.74, 6) is -0.0677. The van der Waals surface area contributed by atoms with Crippen molar-refractivity contribution in [1.82, 2.24) is 4.90 Å². The second-order valence-electron chi connectivity index (χ2n) is 7.18. The molecule has 1 heterocycles. The van der Waals surface area contributed by atoms with E-state index in [4.69, 9.17) is 14.2 Å². The molecule has 2 aromatic carbocycles. The quantitative estimate of drug-likeness (QED) is 0.691. The average Bonchev–Trinajstić information content (AvgIpc) is 3.22. The van der Waals surface area contributed by atoms with Crippen LogP contribution in [-0.4, -0.2) is 49.9 Å². The van der Waals surface area contributed by atoms with E-state index in [0.717, 1.165) is 12.1 Å². The molecule has 2 atom stereocenters. The monoisotopic (exact) mass is 439 g/mol. The fraction of sp³-hybridized carbons (Fsp3) is 0.409. The molecule has 0 aliphatic carbocycles. The first kappa shape index (κ1) is 22.7. The van der Waals surface area contributed by atoms with Crippen molar-refractivity contribution in [2.24, 2.45) is 0 Å². The van der Waals surface area contributed by atoms with Crippen molar-refractivity contribution < 1.29 is 37.3 Å². The highest BCUT2D eigenvalue weighted by atomic mass is 19.4. The summed E-state index contributed by atoms with van der Waals surface area (Å²) in [6.45, 7) is 0.412. The van der Waals surface area contributed by atoms with Gasteiger partial charge in [0.05, 0.1) is 32.9 Å². The zero-order valence-corrected chi connectivity index (χ0v) is 17.4. The fourth-order valence-corrected chi connectivity index (χ4v) is 4.14. The van der Waals surface area contributed by atoms with Crippen LogP contribution in [-0.2, 0) is 11.0 Å². The first-order chi connectivity index (χ1) is 14.7. The summed E-state index contributed by atoms with van der Waals surface area (Å²) in [6.07, 6.45) is -3.51. The smallest absolute Gasteiger partial charge is 0.416 e. The molecule has 1 aliphatic rings. The number of carboxylic acids is 1. The lowest BCUT2D eigenvalue weighted by Crippen LogP contribution is -2.39. The Morgan fingerprint density at radius 1 is 1.10 bits per heavy atom. The normalized spacial score (nSPS) is 17.9. The predicted octanol–water partition coefficient (Wildman–Crippen LogP) is 4.37. The molecule has 0 saturated carbocycles. The third kappa shape index (κ3) is 4.41. The second kappa shape index (κ2) is 9.05. The number of hydrogen-bond acceptors (Lipinski definition) is 5. The van der Waals surface area contributed by atoms with E-state index >= 15 is 0 Å². The number of likely N-dealkylation sites (tertiary alicyclic amines) is 1. The molecule has 3 rings (SSSR count). The highest BCUT2D eigenvalue weighted by Crippen LogP contribution is 2.47. The van der Waals surface area contributed by atoms with Gasteiger partial charge in [0.2, 0.25) is 5.75 Å². The van der Waals surface area contributed by atoms with E-state index < -0.39 is 29.8 Å². The fourth-order valence-electron chi connectivity index (χ4n) is 4.14. The van der Waals surface area contributed by atoms with Gasteiger partial charge in [0.15, 0.2) is 11.5 Å². The summed E-state index contributed by atoms with van der Waals surface area (Å²) in [4.78, 5) is 13.6. The molecule has 0 aromatic heterocycles. The summed E-state index contributed by atoms with van der Waals surface area (Å²) in [6, 6.07) is 6.60. The molecule has 31 heavy (non-hydrogen) atoms. The molecule has 1 saturated heterocycles. The minimum absolute atomic E-state index is 0.278. The van der Waals surface area contributed by atoms with Crippen LogP contribution in [0, 0.1) is 0 Å². The SMILES string of the molecule is COc1ccc(C(c2cccc(C(F)(F)F)c2)N2CCCC2C(=O)O)c(OC)c1OC. The van der Waals surface area contributed by atoms with Crippen molar-refractivity contribution in [2.75, 3.05) is 27.9 Å². The summed E-state index contributed by atoms with van der Waals surface area (Å²) in [5, 5.41) is 9.72. The first-order valence-corrected chi connectivity index (χ1v) is 9.67. The van der Waals surface area contributed by atoms with Crippen LogP contribution in [0.3, 0.4) is 0 Å². The number of hydrogen-bond donors (Lipinski definition) is 1. The van der Waals surface area contributed by atoms with Crippen molar-refractivity contribution in [3.05, 3.63) is 53.1 Å². The van der Waals surface area contributed by atoms with Crippen LogP contribution in [0.15, 0.2) is 36.4 Å². The maximum atomic E-state index is 13.4. The Bertz CT molecular complexity index is 947. The van der Waals surface area contributed by atoms with E-state index in [-0.39, 0.29) is 11.5 Å². The second-order valence-corrected chi connectivity index (χ2v) is 7.18. The third-order valence-electron chi connectivity index (χ3n) is 5.47. The molecule has 0 spiro atoms. The van der Waals surface area contributed by atoms with Gasteiger partial charge in [-0.3, -0.25) is 9.69 Å². The van der Waals surface area contributed by atoms with Gasteiger partial charge in [0.1, 0.15) is 6.04 Å². The van der Waals surface area contributed by atoms with Gasteiger partial charge in [0.25, 0.3) is 0 Å². The van der Waals surface area contributed by atoms with Crippen LogP contribution < -0.4 is 14.2 Å². The van der Waals surface area contributed by atoms with Crippen LogP contribution in [0.4, 0.5) is 13.2 Å². The van der Waals surface area contributed by atoms with E-state index in [9.17, 15) is 23.1 Å². The Hall–Kier alpha value is -2.94. The Balaban J connectivity index is 2.25. The van der Waals surface area contributed by atoms with Crippen LogP contribution in [0.2, 0.25) is 0 Å². The summed E-state index contributed by atoms with van der Waals surface area (Å²) in [7, 11) is 4.31. The number of aliphatic carboxylic acids is 1. The number of rotatable bonds is 7. The van der Waals surface area contributed by atoms with Gasteiger partial charge in [-0.15, -0.1) is 0 Å². The molecule has 2 aromatic rings. The minimum Gasteiger partial charge on any atom is -0.493 e. The number of methoxy groups -OCH3 is 3. The van der Waals surface area contributed by atoms with Crippen LogP contribution in [0.1, 0.15) is 35.6 Å². The lowest BCUT2D eigenvalue weighted by atomic mass is 9.93. The Labute approximate surface area is 178 Å². The van der Waals surface area contributed by atoms with Gasteiger partial charge < -0.3 is 19.3 Å². The molecule has 9 heteroatoms. The van der Waals surface area contributed by atoms with Crippen LogP contribution in [0.5, 0.6) is 17.2 Å². The van der Waals surface area contributed by atoms with Gasteiger partial charge in [-0.05, 0) is 42.7 Å². The first-order valence-electron chi connectivity index (χ1n) is 9.67. The molecule has 1 fully saturated rings. The Kier molecular flexibility index (Phi) is 6.64. The van der Waals surface area contributed by atoms with E-state index in [1.54, 1.807) is 23.1 Å². The maximum Gasteiger partial charge on any atom is 0.416 e. The lowest BCUT2D eigenvalue weighted by molar-refractivity contribution is -0.143. The number of nitrogens with zero attached hydrogens (tertiary/aromatic N) is 1. The highest BCUT2D eigenvalue weighted by molar-refractivity contribution is 5.74. The molecule has 0 bridgehead atoms. The van der Waals surface area contributed by atoms with Crippen LogP contribution in [0.25, 0.3) is 0 Å². The molecule has 2 unspecified atom stereocenters. The zero-order chi connectivity index (χ0) is 22.8. The van der Waals surface area contributed by atoms with E-state index in [1.807, 2.05) is 0 Å². The van der Waals surface area contributed by atoms with Gasteiger partial charge >= 0.3 is 12.1 Å². The van der Waals surface area contributed by atoms with E-state index in [0.29, 0.717) is 36.3 Å². The largest absolute Gasteiger partial charge is 0.493 e. The van der Waals surface area contributed by atoms with Crippen molar-refractivity contribution in [1.29, 1.82) is 0 Å². The summed E-state index contributed by atoms with van der Waals surface area (Å²) in [5.41, 5.74) is 0.00151. The number of carboxylic acid groups (broad SMARTS) is 1. The Morgan fingerprint density at radius 3 is 2.39 bits per heavy atom. The third-order valence-corrected chi connectivity index (χ3v) is 5.47. The summed E-state index contributed by atoms with van der Waals surface area (Å²) < 4.78 is 56.5. The highest BCUT2D eigenvalue weighted by Gasteiger charge is 2.40. The molecule has 168 valence electrons. The lowest BCUT2D eigenvalue weighted by Gasteiger charge is -2.33. The Morgan fingerprint density at radius 2 is 1.81 bits per heavy atom. The minimum atomic E-state index is -4.53. The molecular weight excluding hydrogens is 415 g/mol. The standard InChI is InChI=1S/C22H24F3NO5/c1-29-17-10-9-15(19(30-2)20(17)31-3)18(26-11-5-8-16(26)21(27)28)13-6-4-7-14(12-13)22(23,24)25/h4,6-7,9-10,12,16,18H,5,8,11H2,1-3H3,(H,27,28). The van der Waals surface area contributed by atoms with Gasteiger partial charge in [-0.2, -0.15) is 13.2 Å². The number of alkyl halides is 3. The van der Waals surface area contributed by atoms with Crippen molar-refractivity contribution >= 4 is 5.97 Å². The number of benzene rings is 2. The molecule has 0 amide bonds.